The number of nitrogens with one attached hydrogen (secondary N) is 3. The van der Waals surface area contributed by atoms with E-state index >= 15 is 0 Å². The third-order valence-corrected chi connectivity index (χ3v) is 4.39. The Kier molecular flexibility index (Phi) is 12.8. The number of carboxylic acids is 1. The lowest BCUT2D eigenvalue weighted by molar-refractivity contribution is -0.141. The highest BCUT2D eigenvalue weighted by Gasteiger charge is 2.26. The first-order valence-electron chi connectivity index (χ1n) is 8.89. The predicted octanol–water partition coefficient (Wildman–Crippen LogP) is -3.62. The van der Waals surface area contributed by atoms with Gasteiger partial charge in [-0.15, -0.1) is 0 Å². The van der Waals surface area contributed by atoms with Gasteiger partial charge in [-0.25, -0.2) is 4.79 Å². The molecule has 30 heavy (non-hydrogen) atoms. The summed E-state index contributed by atoms with van der Waals surface area (Å²) in [4.78, 5) is 69.3. The van der Waals surface area contributed by atoms with Gasteiger partial charge in [0.15, 0.2) is 0 Å². The number of carboxylic acid groups (broad SMARTS) is 1. The van der Waals surface area contributed by atoms with Crippen molar-refractivity contribution in [2.24, 2.45) is 17.2 Å². The zero-order valence-corrected chi connectivity index (χ0v) is 17.3. The number of aliphatic carboxylic acids is 1. The number of primary amides is 2. The molecule has 0 fully saturated rings. The number of carbonyl (C=O) groups excluding carboxylic acids is 5. The third-order valence-electron chi connectivity index (χ3n) is 3.74. The molecule has 0 aliphatic carbocycles. The zero-order valence-electron chi connectivity index (χ0n) is 16.5. The second-order valence-electron chi connectivity index (χ2n) is 6.30. The molecule has 14 heteroatoms. The molecule has 0 saturated carbocycles. The average Bonchev–Trinajstić information content (AvgIpc) is 2.65. The first-order chi connectivity index (χ1) is 14.0. The van der Waals surface area contributed by atoms with Crippen molar-refractivity contribution in [3.63, 3.8) is 0 Å². The summed E-state index contributed by atoms with van der Waals surface area (Å²) < 4.78 is 0. The lowest BCUT2D eigenvalue weighted by atomic mass is 10.1. The van der Waals surface area contributed by atoms with Gasteiger partial charge in [-0.05, 0) is 24.9 Å². The number of carbonyl (C=O) groups is 6. The minimum absolute atomic E-state index is 0.0683. The summed E-state index contributed by atoms with van der Waals surface area (Å²) in [5.74, 6) is -4.74. The molecule has 10 N–H and O–H groups in total. The van der Waals surface area contributed by atoms with Crippen molar-refractivity contribution in [3.8, 4) is 0 Å². The summed E-state index contributed by atoms with van der Waals surface area (Å²) in [6.45, 7) is -0.583. The average molecular weight is 449 g/mol. The molecule has 3 atom stereocenters. The summed E-state index contributed by atoms with van der Waals surface area (Å²) in [6, 6.07) is -3.68. The van der Waals surface area contributed by atoms with Crippen molar-refractivity contribution in [1.29, 1.82) is 0 Å². The van der Waals surface area contributed by atoms with E-state index in [0.717, 1.165) is 0 Å². The molecule has 13 nitrogen and oxygen atoms in total. The van der Waals surface area contributed by atoms with Crippen molar-refractivity contribution in [1.82, 2.24) is 16.0 Å². The molecule has 0 radical (unpaired) electrons. The predicted molar refractivity (Wildman–Crippen MR) is 108 cm³/mol. The van der Waals surface area contributed by atoms with Gasteiger partial charge in [-0.3, -0.25) is 24.0 Å². The van der Waals surface area contributed by atoms with Gasteiger partial charge in [0.05, 0.1) is 19.0 Å². The Morgan fingerprint density at radius 1 is 0.933 bits per heavy atom. The van der Waals surface area contributed by atoms with Crippen LogP contribution in [0.4, 0.5) is 0 Å². The Labute approximate surface area is 177 Å². The van der Waals surface area contributed by atoms with Crippen LogP contribution >= 0.6 is 11.8 Å². The molecule has 0 aliphatic rings. The minimum atomic E-state index is -1.41. The Morgan fingerprint density at radius 2 is 1.57 bits per heavy atom. The van der Waals surface area contributed by atoms with Crippen LogP contribution in [0.2, 0.25) is 0 Å². The summed E-state index contributed by atoms with van der Waals surface area (Å²) >= 11 is 1.41. The third kappa shape index (κ3) is 11.9. The molecule has 0 spiro atoms. The van der Waals surface area contributed by atoms with Crippen molar-refractivity contribution < 1.29 is 33.9 Å². The van der Waals surface area contributed by atoms with Gasteiger partial charge in [0, 0.05) is 6.42 Å². The maximum absolute atomic E-state index is 12.3. The number of nitrogens with two attached hydrogens (primary N) is 3. The van der Waals surface area contributed by atoms with Gasteiger partial charge in [0.25, 0.3) is 0 Å². The first-order valence-corrected chi connectivity index (χ1v) is 10.3. The fraction of sp³-hybridized carbons (Fsp3) is 0.625. The maximum atomic E-state index is 12.3. The fourth-order valence-electron chi connectivity index (χ4n) is 2.15. The second-order valence-corrected chi connectivity index (χ2v) is 7.29. The number of rotatable bonds is 15. The van der Waals surface area contributed by atoms with Crippen molar-refractivity contribution in [3.05, 3.63) is 0 Å². The Bertz CT molecular complexity index is 660. The zero-order chi connectivity index (χ0) is 23.3. The highest BCUT2D eigenvalue weighted by molar-refractivity contribution is 7.98. The Balaban J connectivity index is 4.81. The Morgan fingerprint density at radius 3 is 2.07 bits per heavy atom. The van der Waals surface area contributed by atoms with Gasteiger partial charge in [-0.1, -0.05) is 0 Å². The molecule has 5 amide bonds. The Hall–Kier alpha value is -2.87. The van der Waals surface area contributed by atoms with E-state index in [4.69, 9.17) is 22.3 Å². The summed E-state index contributed by atoms with van der Waals surface area (Å²) in [7, 11) is 0. The van der Waals surface area contributed by atoms with Crippen LogP contribution in [0.25, 0.3) is 0 Å². The monoisotopic (exact) mass is 448 g/mol. The van der Waals surface area contributed by atoms with Crippen LogP contribution in [0.5, 0.6) is 0 Å². The SMILES string of the molecule is CSCCC(NC(=O)CNC(=O)C(CC(N)=O)NC(=O)C(N)CCC(N)=O)C(=O)O. The van der Waals surface area contributed by atoms with Crippen LogP contribution in [-0.4, -0.2) is 77.3 Å². The molecule has 0 heterocycles. The molecular weight excluding hydrogens is 420 g/mol. The van der Waals surface area contributed by atoms with Crippen LogP contribution in [0.15, 0.2) is 0 Å². The molecule has 170 valence electrons. The quantitative estimate of drug-likeness (QED) is 0.131. The summed E-state index contributed by atoms with van der Waals surface area (Å²) in [6.07, 6.45) is 1.20. The van der Waals surface area contributed by atoms with E-state index in [2.05, 4.69) is 16.0 Å². The number of hydrogen-bond donors (Lipinski definition) is 7. The van der Waals surface area contributed by atoms with Crippen LogP contribution in [0, 0.1) is 0 Å². The van der Waals surface area contributed by atoms with Crippen LogP contribution in [0.1, 0.15) is 25.7 Å². The molecule has 0 saturated heterocycles. The summed E-state index contributed by atoms with van der Waals surface area (Å²) in [5, 5.41) is 15.8. The number of amides is 5. The van der Waals surface area contributed by atoms with E-state index in [-0.39, 0.29) is 19.3 Å². The van der Waals surface area contributed by atoms with Gasteiger partial charge in [-0.2, -0.15) is 11.8 Å². The van der Waals surface area contributed by atoms with Crippen LogP contribution in [0.3, 0.4) is 0 Å². The fourth-order valence-corrected chi connectivity index (χ4v) is 2.62. The lowest BCUT2D eigenvalue weighted by Crippen LogP contribution is -2.54. The number of thioether (sulfide) groups is 1. The lowest BCUT2D eigenvalue weighted by Gasteiger charge is -2.20. The summed E-state index contributed by atoms with van der Waals surface area (Å²) in [5.41, 5.74) is 15.7. The van der Waals surface area contributed by atoms with Crippen LogP contribution in [-0.2, 0) is 28.8 Å². The van der Waals surface area contributed by atoms with Crippen molar-refractivity contribution >= 4 is 47.3 Å². The minimum Gasteiger partial charge on any atom is -0.480 e. The normalized spacial score (nSPS) is 13.4. The smallest absolute Gasteiger partial charge is 0.326 e. The molecule has 0 rings (SSSR count). The largest absolute Gasteiger partial charge is 0.480 e. The van der Waals surface area contributed by atoms with E-state index in [1.165, 1.54) is 11.8 Å². The molecule has 0 aromatic carbocycles. The van der Waals surface area contributed by atoms with Gasteiger partial charge in [0.2, 0.25) is 29.5 Å². The maximum Gasteiger partial charge on any atom is 0.326 e. The topological polar surface area (TPSA) is 237 Å². The second kappa shape index (κ2) is 14.2. The van der Waals surface area contributed by atoms with Crippen molar-refractivity contribution in [2.45, 2.75) is 43.8 Å². The molecule has 0 aromatic rings. The molecule has 0 aliphatic heterocycles. The highest BCUT2D eigenvalue weighted by Crippen LogP contribution is 2.01. The van der Waals surface area contributed by atoms with E-state index in [1.807, 2.05) is 0 Å². The molecular formula is C16H28N6O7S. The van der Waals surface area contributed by atoms with E-state index in [1.54, 1.807) is 6.26 Å². The molecule has 3 unspecified atom stereocenters. The van der Waals surface area contributed by atoms with Crippen molar-refractivity contribution in [2.75, 3.05) is 18.6 Å². The molecule has 0 bridgehead atoms. The van der Waals surface area contributed by atoms with E-state index in [0.29, 0.717) is 5.75 Å². The standard InChI is InChI=1S/C16H28N6O7S/c1-30-5-4-9(16(28)29)21-13(25)7-20-15(27)10(6-12(19)24)22-14(26)8(17)2-3-11(18)23/h8-10H,2-7,17H2,1H3,(H2,18,23)(H2,19,24)(H,20,27)(H,21,25)(H,22,26)(H,28,29). The first kappa shape index (κ1) is 27.1. The molecule has 0 aromatic heterocycles. The number of hydrogen-bond acceptors (Lipinski definition) is 8. The van der Waals surface area contributed by atoms with Gasteiger partial charge in [0.1, 0.15) is 12.1 Å². The van der Waals surface area contributed by atoms with E-state index in [9.17, 15) is 28.8 Å². The van der Waals surface area contributed by atoms with Crippen LogP contribution < -0.4 is 33.2 Å². The van der Waals surface area contributed by atoms with Gasteiger partial charge >= 0.3 is 5.97 Å². The van der Waals surface area contributed by atoms with E-state index < -0.39 is 66.6 Å². The highest BCUT2D eigenvalue weighted by atomic mass is 32.2. The van der Waals surface area contributed by atoms with Gasteiger partial charge < -0.3 is 38.3 Å².